The molecular formula is C29H31N5O2S. The molecule has 1 aromatic heterocycles. The normalized spacial score (nSPS) is 13.5. The van der Waals surface area contributed by atoms with Crippen molar-refractivity contribution in [1.82, 2.24) is 19.7 Å². The third-order valence-electron chi connectivity index (χ3n) is 6.39. The third-order valence-corrected chi connectivity index (χ3v) is 7.30. The minimum absolute atomic E-state index is 0.128. The maximum absolute atomic E-state index is 13.1. The zero-order valence-electron chi connectivity index (χ0n) is 21.0. The van der Waals surface area contributed by atoms with Gasteiger partial charge in [-0.05, 0) is 48.9 Å². The average molecular weight is 514 g/mol. The van der Waals surface area contributed by atoms with E-state index in [0.29, 0.717) is 23.9 Å². The molecule has 0 atom stereocenters. The molecule has 0 unspecified atom stereocenters. The fourth-order valence-corrected chi connectivity index (χ4v) is 5.35. The Bertz CT molecular complexity index is 1290. The highest BCUT2D eigenvalue weighted by atomic mass is 32.2. The van der Waals surface area contributed by atoms with Gasteiger partial charge in [-0.1, -0.05) is 60.3 Å². The smallest absolute Gasteiger partial charge is 0.233 e. The molecule has 0 spiro atoms. The van der Waals surface area contributed by atoms with Gasteiger partial charge in [-0.3, -0.25) is 9.36 Å². The van der Waals surface area contributed by atoms with Crippen LogP contribution in [0, 0.1) is 0 Å². The Kier molecular flexibility index (Phi) is 8.05. The molecule has 1 amide bonds. The second-order valence-electron chi connectivity index (χ2n) is 8.82. The number of rotatable bonds is 9. The first-order valence-electron chi connectivity index (χ1n) is 12.6. The number of nitrogens with zero attached hydrogens (tertiary/aromatic N) is 5. The maximum atomic E-state index is 13.1. The van der Waals surface area contributed by atoms with Crippen LogP contribution in [-0.4, -0.2) is 64.1 Å². The number of hydrogen-bond acceptors (Lipinski definition) is 6. The summed E-state index contributed by atoms with van der Waals surface area (Å²) in [5.74, 6) is 2.11. The Morgan fingerprint density at radius 3 is 2.19 bits per heavy atom. The summed E-state index contributed by atoms with van der Waals surface area (Å²) < 4.78 is 7.67. The van der Waals surface area contributed by atoms with Crippen molar-refractivity contribution in [2.45, 2.75) is 18.5 Å². The van der Waals surface area contributed by atoms with Crippen molar-refractivity contribution in [3.05, 3.63) is 96.3 Å². The summed E-state index contributed by atoms with van der Waals surface area (Å²) in [6, 6.07) is 28.5. The quantitative estimate of drug-likeness (QED) is 0.303. The molecule has 7 nitrogen and oxygen atoms in total. The van der Waals surface area contributed by atoms with Crippen molar-refractivity contribution in [2.75, 3.05) is 43.4 Å². The van der Waals surface area contributed by atoms with E-state index in [9.17, 15) is 4.79 Å². The summed E-state index contributed by atoms with van der Waals surface area (Å²) in [6.45, 7) is 5.71. The van der Waals surface area contributed by atoms with Gasteiger partial charge in [0, 0.05) is 44.0 Å². The average Bonchev–Trinajstić information content (AvgIpc) is 3.35. The zero-order valence-corrected chi connectivity index (χ0v) is 21.8. The molecule has 2 heterocycles. The molecule has 1 aliphatic heterocycles. The number of para-hydroxylation sites is 1. The number of hydrogen-bond donors (Lipinski definition) is 0. The molecule has 1 saturated heterocycles. The van der Waals surface area contributed by atoms with Crippen molar-refractivity contribution in [3.8, 4) is 11.4 Å². The summed E-state index contributed by atoms with van der Waals surface area (Å²) in [5.41, 5.74) is 3.31. The van der Waals surface area contributed by atoms with Gasteiger partial charge >= 0.3 is 0 Å². The van der Waals surface area contributed by atoms with E-state index in [0.717, 1.165) is 49.0 Å². The Hall–Kier alpha value is -3.78. The van der Waals surface area contributed by atoms with Crippen LogP contribution in [0.1, 0.15) is 18.3 Å². The molecule has 0 radical (unpaired) electrons. The monoisotopic (exact) mass is 513 g/mol. The SMILES string of the molecule is CCOc1ccc(-n2c(Cc3ccccc3)nnc2SCC(=O)N2CCN(c3ccccc3)CC2)cc1. The maximum Gasteiger partial charge on any atom is 0.233 e. The molecule has 8 heteroatoms. The molecule has 0 bridgehead atoms. The first-order valence-corrected chi connectivity index (χ1v) is 13.6. The number of carbonyl (C=O) groups excluding carboxylic acids is 1. The number of carbonyl (C=O) groups is 1. The van der Waals surface area contributed by atoms with E-state index in [-0.39, 0.29) is 5.91 Å². The van der Waals surface area contributed by atoms with Gasteiger partial charge in [-0.25, -0.2) is 0 Å². The molecular weight excluding hydrogens is 482 g/mol. The lowest BCUT2D eigenvalue weighted by molar-refractivity contribution is -0.128. The van der Waals surface area contributed by atoms with Crippen LogP contribution >= 0.6 is 11.8 Å². The van der Waals surface area contributed by atoms with E-state index in [1.54, 1.807) is 0 Å². The Morgan fingerprint density at radius 1 is 0.838 bits per heavy atom. The number of piperazine rings is 1. The van der Waals surface area contributed by atoms with E-state index in [4.69, 9.17) is 4.74 Å². The van der Waals surface area contributed by atoms with Gasteiger partial charge in [0.05, 0.1) is 12.4 Å². The number of aromatic nitrogens is 3. The number of ether oxygens (including phenoxy) is 1. The Labute approximate surface area is 222 Å². The summed E-state index contributed by atoms with van der Waals surface area (Å²) in [7, 11) is 0. The first-order chi connectivity index (χ1) is 18.2. The highest BCUT2D eigenvalue weighted by Gasteiger charge is 2.23. The highest BCUT2D eigenvalue weighted by molar-refractivity contribution is 7.99. The largest absolute Gasteiger partial charge is 0.494 e. The molecule has 3 aromatic carbocycles. The third kappa shape index (κ3) is 6.14. The van der Waals surface area contributed by atoms with Crippen molar-refractivity contribution in [3.63, 3.8) is 0 Å². The first kappa shape index (κ1) is 24.9. The van der Waals surface area contributed by atoms with E-state index in [2.05, 4.69) is 51.5 Å². The molecule has 4 aromatic rings. The molecule has 37 heavy (non-hydrogen) atoms. The summed E-state index contributed by atoms with van der Waals surface area (Å²) in [4.78, 5) is 17.4. The van der Waals surface area contributed by atoms with Crippen molar-refractivity contribution >= 4 is 23.4 Å². The van der Waals surface area contributed by atoms with Gasteiger partial charge in [0.2, 0.25) is 5.91 Å². The van der Waals surface area contributed by atoms with Gasteiger partial charge in [0.15, 0.2) is 5.16 Å². The van der Waals surface area contributed by atoms with Crippen LogP contribution in [0.3, 0.4) is 0 Å². The van der Waals surface area contributed by atoms with Crippen LogP contribution in [0.5, 0.6) is 5.75 Å². The van der Waals surface area contributed by atoms with Gasteiger partial charge in [0.25, 0.3) is 0 Å². The standard InChI is InChI=1S/C29H31N5O2S/c1-2-36-26-15-13-25(14-16-26)34-27(21-23-9-5-3-6-10-23)30-31-29(34)37-22-28(35)33-19-17-32(18-20-33)24-11-7-4-8-12-24/h3-16H,2,17-22H2,1H3. The molecule has 1 fully saturated rings. The van der Waals surface area contributed by atoms with Crippen molar-refractivity contribution in [2.24, 2.45) is 0 Å². The van der Waals surface area contributed by atoms with Gasteiger partial charge < -0.3 is 14.5 Å². The molecule has 1 aliphatic rings. The predicted molar refractivity (Wildman–Crippen MR) is 148 cm³/mol. The van der Waals surface area contributed by atoms with Crippen molar-refractivity contribution < 1.29 is 9.53 Å². The van der Waals surface area contributed by atoms with Crippen LogP contribution in [-0.2, 0) is 11.2 Å². The fourth-order valence-electron chi connectivity index (χ4n) is 4.47. The second kappa shape index (κ2) is 12.0. The summed E-state index contributed by atoms with van der Waals surface area (Å²) >= 11 is 1.44. The zero-order chi connectivity index (χ0) is 25.5. The summed E-state index contributed by atoms with van der Waals surface area (Å²) in [6.07, 6.45) is 0.650. The van der Waals surface area contributed by atoms with E-state index in [1.165, 1.54) is 17.4 Å². The van der Waals surface area contributed by atoms with Crippen LogP contribution in [0.4, 0.5) is 5.69 Å². The van der Waals surface area contributed by atoms with Crippen LogP contribution < -0.4 is 9.64 Å². The van der Waals surface area contributed by atoms with Crippen molar-refractivity contribution in [1.29, 1.82) is 0 Å². The number of thioether (sulfide) groups is 1. The Morgan fingerprint density at radius 2 is 1.51 bits per heavy atom. The minimum atomic E-state index is 0.128. The Balaban J connectivity index is 1.28. The molecule has 0 N–H and O–H groups in total. The second-order valence-corrected chi connectivity index (χ2v) is 9.76. The molecule has 190 valence electrons. The molecule has 0 aliphatic carbocycles. The lowest BCUT2D eigenvalue weighted by Gasteiger charge is -2.36. The lowest BCUT2D eigenvalue weighted by Crippen LogP contribution is -2.49. The fraction of sp³-hybridized carbons (Fsp3) is 0.276. The number of amides is 1. The predicted octanol–water partition coefficient (Wildman–Crippen LogP) is 4.70. The lowest BCUT2D eigenvalue weighted by atomic mass is 10.1. The van der Waals surface area contributed by atoms with Crippen LogP contribution in [0.15, 0.2) is 90.1 Å². The van der Waals surface area contributed by atoms with Crippen LogP contribution in [0.2, 0.25) is 0 Å². The van der Waals surface area contributed by atoms with Gasteiger partial charge in [-0.2, -0.15) is 0 Å². The topological polar surface area (TPSA) is 63.5 Å². The number of anilines is 1. The van der Waals surface area contributed by atoms with Gasteiger partial charge in [0.1, 0.15) is 11.6 Å². The molecule has 0 saturated carbocycles. The summed E-state index contributed by atoms with van der Waals surface area (Å²) in [5, 5.41) is 9.71. The van der Waals surface area contributed by atoms with E-state index in [1.807, 2.05) is 64.9 Å². The minimum Gasteiger partial charge on any atom is -0.494 e. The van der Waals surface area contributed by atoms with E-state index < -0.39 is 0 Å². The van der Waals surface area contributed by atoms with Gasteiger partial charge in [-0.15, -0.1) is 10.2 Å². The molecule has 5 rings (SSSR count). The van der Waals surface area contributed by atoms with E-state index >= 15 is 0 Å². The van der Waals surface area contributed by atoms with Crippen LogP contribution in [0.25, 0.3) is 5.69 Å². The number of benzene rings is 3. The highest BCUT2D eigenvalue weighted by Crippen LogP contribution is 2.26.